The number of rotatable bonds is 9. The Balaban J connectivity index is 1.89. The van der Waals surface area contributed by atoms with E-state index >= 15 is 0 Å². The Kier molecular flexibility index (Phi) is 5.37. The van der Waals surface area contributed by atoms with Crippen molar-refractivity contribution in [2.24, 2.45) is 5.73 Å². The van der Waals surface area contributed by atoms with E-state index < -0.39 is 10.0 Å². The van der Waals surface area contributed by atoms with E-state index in [1.807, 2.05) is 14.0 Å². The van der Waals surface area contributed by atoms with Crippen LogP contribution in [0.15, 0.2) is 17.3 Å². The van der Waals surface area contributed by atoms with Crippen molar-refractivity contribution >= 4 is 10.0 Å². The fraction of sp³-hybridized carbons (Fsp3) is 0.769. The summed E-state index contributed by atoms with van der Waals surface area (Å²) in [4.78, 5) is 2.44. The summed E-state index contributed by atoms with van der Waals surface area (Å²) in [6.07, 6.45) is 6.13. The summed E-state index contributed by atoms with van der Waals surface area (Å²) in [5, 5.41) is 4.05. The smallest absolute Gasteiger partial charge is 0.243 e. The highest BCUT2D eigenvalue weighted by Gasteiger charge is 2.29. The molecule has 0 radical (unpaired) electrons. The van der Waals surface area contributed by atoms with Crippen LogP contribution in [0.3, 0.4) is 0 Å². The van der Waals surface area contributed by atoms with E-state index in [1.54, 1.807) is 10.9 Å². The first-order valence-electron chi connectivity index (χ1n) is 7.38. The Morgan fingerprint density at radius 2 is 2.29 bits per heavy atom. The van der Waals surface area contributed by atoms with Crippen molar-refractivity contribution in [1.29, 1.82) is 0 Å². The lowest BCUT2D eigenvalue weighted by atomic mass is 10.3. The number of nitrogens with zero attached hydrogens (tertiary/aromatic N) is 3. The maximum absolute atomic E-state index is 12.2. The van der Waals surface area contributed by atoms with E-state index in [4.69, 9.17) is 5.73 Å². The highest BCUT2D eigenvalue weighted by Crippen LogP contribution is 2.26. The zero-order valence-corrected chi connectivity index (χ0v) is 13.5. The summed E-state index contributed by atoms with van der Waals surface area (Å²) >= 11 is 0. The van der Waals surface area contributed by atoms with Gasteiger partial charge in [0.15, 0.2) is 0 Å². The molecule has 1 heterocycles. The van der Waals surface area contributed by atoms with Crippen molar-refractivity contribution < 1.29 is 8.42 Å². The van der Waals surface area contributed by atoms with E-state index in [0.29, 0.717) is 25.7 Å². The summed E-state index contributed by atoms with van der Waals surface area (Å²) in [6, 6.07) is 0.795. The van der Waals surface area contributed by atoms with E-state index in [-0.39, 0.29) is 10.9 Å². The number of aryl methyl sites for hydroxylation is 1. The molecule has 1 aromatic rings. The summed E-state index contributed by atoms with van der Waals surface area (Å²) in [6.45, 7) is 3.63. The molecular formula is C13H25N5O2S. The third-order valence-electron chi connectivity index (χ3n) is 3.90. The van der Waals surface area contributed by atoms with Crippen molar-refractivity contribution in [1.82, 2.24) is 19.4 Å². The largest absolute Gasteiger partial charge is 0.330 e. The molecule has 2 rings (SSSR count). The lowest BCUT2D eigenvalue weighted by Gasteiger charge is -2.24. The van der Waals surface area contributed by atoms with Crippen molar-refractivity contribution in [2.75, 3.05) is 20.1 Å². The monoisotopic (exact) mass is 315 g/mol. The number of nitrogens with one attached hydrogen (secondary N) is 1. The Hall–Kier alpha value is -0.960. The van der Waals surface area contributed by atoms with Gasteiger partial charge in [-0.1, -0.05) is 0 Å². The van der Waals surface area contributed by atoms with Gasteiger partial charge in [0, 0.05) is 31.4 Å². The Labute approximate surface area is 126 Å². The quantitative estimate of drug-likeness (QED) is 0.669. The predicted molar refractivity (Wildman–Crippen MR) is 81.3 cm³/mol. The number of sulfonamides is 1. The average Bonchev–Trinajstić information content (AvgIpc) is 3.19. The summed E-state index contributed by atoms with van der Waals surface area (Å²) in [5.74, 6) is 0. The van der Waals surface area contributed by atoms with E-state index in [0.717, 1.165) is 6.42 Å². The van der Waals surface area contributed by atoms with Crippen LogP contribution in [0.5, 0.6) is 0 Å². The molecule has 21 heavy (non-hydrogen) atoms. The molecule has 0 aliphatic heterocycles. The zero-order chi connectivity index (χ0) is 15.5. The maximum Gasteiger partial charge on any atom is 0.243 e. The molecule has 0 saturated heterocycles. The molecule has 8 heteroatoms. The van der Waals surface area contributed by atoms with Crippen LogP contribution in [0.25, 0.3) is 0 Å². The maximum atomic E-state index is 12.2. The van der Waals surface area contributed by atoms with Crippen LogP contribution in [0.4, 0.5) is 0 Å². The minimum atomic E-state index is -3.49. The summed E-state index contributed by atoms with van der Waals surface area (Å²) in [5.41, 5.74) is 5.43. The van der Waals surface area contributed by atoms with Crippen LogP contribution < -0.4 is 10.5 Å². The van der Waals surface area contributed by atoms with Gasteiger partial charge in [0.25, 0.3) is 0 Å². The summed E-state index contributed by atoms with van der Waals surface area (Å²) < 4.78 is 28.7. The highest BCUT2D eigenvalue weighted by molar-refractivity contribution is 7.89. The number of aromatic nitrogens is 2. The molecular weight excluding hydrogens is 290 g/mol. The second-order valence-corrected chi connectivity index (χ2v) is 7.45. The van der Waals surface area contributed by atoms with Crippen LogP contribution in [-0.2, 0) is 16.6 Å². The zero-order valence-electron chi connectivity index (χ0n) is 12.7. The van der Waals surface area contributed by atoms with Gasteiger partial charge in [0.1, 0.15) is 4.90 Å². The standard InChI is InChI=1S/C13H25N5O2S/c1-11(17(2)12-4-5-12)8-16-21(19,20)13-9-15-18(10-13)7-3-6-14/h9-12,16H,3-8,14H2,1-2H3. The lowest BCUT2D eigenvalue weighted by molar-refractivity contribution is 0.248. The molecule has 0 spiro atoms. The molecule has 1 unspecified atom stereocenters. The van der Waals surface area contributed by atoms with Gasteiger partial charge in [-0.3, -0.25) is 9.58 Å². The molecule has 0 aromatic carbocycles. The molecule has 1 atom stereocenters. The number of likely N-dealkylation sites (N-methyl/N-ethyl adjacent to an activating group) is 1. The number of hydrogen-bond acceptors (Lipinski definition) is 5. The highest BCUT2D eigenvalue weighted by atomic mass is 32.2. The average molecular weight is 315 g/mol. The second-order valence-electron chi connectivity index (χ2n) is 5.68. The minimum absolute atomic E-state index is 0.180. The van der Waals surface area contributed by atoms with Gasteiger partial charge in [-0.15, -0.1) is 0 Å². The SMILES string of the molecule is CC(CNS(=O)(=O)c1cnn(CCCN)c1)N(C)C1CC1. The Morgan fingerprint density at radius 3 is 2.90 bits per heavy atom. The van der Waals surface area contributed by atoms with E-state index in [1.165, 1.54) is 19.0 Å². The predicted octanol–water partition coefficient (Wildman–Crippen LogP) is -0.00710. The van der Waals surface area contributed by atoms with Crippen LogP contribution in [0.1, 0.15) is 26.2 Å². The lowest BCUT2D eigenvalue weighted by Crippen LogP contribution is -2.41. The van der Waals surface area contributed by atoms with Crippen molar-refractivity contribution in [3.05, 3.63) is 12.4 Å². The number of nitrogens with two attached hydrogens (primary N) is 1. The molecule has 120 valence electrons. The molecule has 7 nitrogen and oxygen atoms in total. The van der Waals surface area contributed by atoms with Crippen molar-refractivity contribution in [3.63, 3.8) is 0 Å². The van der Waals surface area contributed by atoms with Crippen LogP contribution in [0.2, 0.25) is 0 Å². The first kappa shape index (κ1) is 16.4. The fourth-order valence-corrected chi connectivity index (χ4v) is 3.23. The topological polar surface area (TPSA) is 93.2 Å². The molecule has 1 aliphatic rings. The molecule has 3 N–H and O–H groups in total. The molecule has 1 fully saturated rings. The summed E-state index contributed by atoms with van der Waals surface area (Å²) in [7, 11) is -1.45. The first-order chi connectivity index (χ1) is 9.94. The minimum Gasteiger partial charge on any atom is -0.330 e. The second kappa shape index (κ2) is 6.87. The van der Waals surface area contributed by atoms with Crippen molar-refractivity contribution in [3.8, 4) is 0 Å². The number of hydrogen-bond donors (Lipinski definition) is 2. The third-order valence-corrected chi connectivity index (χ3v) is 5.28. The van der Waals surface area contributed by atoms with E-state index in [2.05, 4.69) is 14.7 Å². The third kappa shape index (κ3) is 4.50. The molecule has 1 aliphatic carbocycles. The van der Waals surface area contributed by atoms with Crippen LogP contribution in [0, 0.1) is 0 Å². The first-order valence-corrected chi connectivity index (χ1v) is 8.86. The van der Waals surface area contributed by atoms with Gasteiger partial charge < -0.3 is 5.73 Å². The molecule has 0 amide bonds. The Morgan fingerprint density at radius 1 is 1.57 bits per heavy atom. The molecule has 0 bridgehead atoms. The fourth-order valence-electron chi connectivity index (χ4n) is 2.16. The molecule has 1 aromatic heterocycles. The van der Waals surface area contributed by atoms with Gasteiger partial charge in [0.05, 0.1) is 6.20 Å². The van der Waals surface area contributed by atoms with Crippen LogP contribution in [-0.4, -0.2) is 55.3 Å². The van der Waals surface area contributed by atoms with Gasteiger partial charge in [-0.05, 0) is 39.8 Å². The van der Waals surface area contributed by atoms with Gasteiger partial charge in [-0.25, -0.2) is 13.1 Å². The van der Waals surface area contributed by atoms with E-state index in [9.17, 15) is 8.42 Å². The normalized spacial score (nSPS) is 17.3. The van der Waals surface area contributed by atoms with Crippen molar-refractivity contribution in [2.45, 2.75) is 49.7 Å². The van der Waals surface area contributed by atoms with Gasteiger partial charge in [-0.2, -0.15) is 5.10 Å². The van der Waals surface area contributed by atoms with Gasteiger partial charge >= 0.3 is 0 Å². The van der Waals surface area contributed by atoms with Crippen LogP contribution >= 0.6 is 0 Å². The Bertz CT molecular complexity index is 553. The molecule has 1 saturated carbocycles. The van der Waals surface area contributed by atoms with Gasteiger partial charge in [0.2, 0.25) is 10.0 Å².